The lowest BCUT2D eigenvalue weighted by atomic mass is 10.3. The van der Waals surface area contributed by atoms with Crippen LogP contribution in [-0.4, -0.2) is 39.1 Å². The van der Waals surface area contributed by atoms with E-state index in [-0.39, 0.29) is 0 Å². The summed E-state index contributed by atoms with van der Waals surface area (Å²) in [7, 11) is 6.10. The molecular weight excluding hydrogens is 210 g/mol. The highest BCUT2D eigenvalue weighted by molar-refractivity contribution is 6.30. The van der Waals surface area contributed by atoms with Gasteiger partial charge in [0.25, 0.3) is 0 Å². The topological polar surface area (TPSA) is 41.3 Å². The van der Waals surface area contributed by atoms with Gasteiger partial charge in [0, 0.05) is 23.8 Å². The molecule has 0 atom stereocenters. The number of nitrogens with one attached hydrogen (secondary N) is 1. The zero-order valence-corrected chi connectivity index (χ0v) is 10.4. The van der Waals surface area contributed by atoms with E-state index in [1.165, 1.54) is 0 Å². The Morgan fingerprint density at radius 3 is 2.33 bits per heavy atom. The Morgan fingerprint density at radius 2 is 2.07 bits per heavy atom. The average Bonchev–Trinajstić information content (AvgIpc) is 2.15. The number of halogens is 1. The molecule has 0 radical (unpaired) electrons. The largest absolute Gasteiger partial charge is 0.399 e. The van der Waals surface area contributed by atoms with Crippen LogP contribution in [-0.2, 0) is 0 Å². The molecular formula is C11H20ClN3. The molecule has 0 aliphatic heterocycles. The number of hydrogen-bond acceptors (Lipinski definition) is 3. The summed E-state index contributed by atoms with van der Waals surface area (Å²) in [4.78, 5) is 2.15. The molecule has 1 aromatic carbocycles. The van der Waals surface area contributed by atoms with Crippen molar-refractivity contribution in [2.24, 2.45) is 0 Å². The molecule has 3 nitrogen and oxygen atoms in total. The summed E-state index contributed by atoms with van der Waals surface area (Å²) in [5, 5.41) is 3.74. The van der Waals surface area contributed by atoms with Gasteiger partial charge in [0.15, 0.2) is 0 Å². The predicted octanol–water partition coefficient (Wildman–Crippen LogP) is 1.69. The Kier molecular flexibility index (Phi) is 8.09. The third-order valence-electron chi connectivity index (χ3n) is 1.66. The number of hydrogen-bond donors (Lipinski definition) is 2. The average molecular weight is 230 g/mol. The minimum atomic E-state index is 0.685. The van der Waals surface area contributed by atoms with Crippen LogP contribution in [0.2, 0.25) is 5.02 Å². The van der Waals surface area contributed by atoms with Gasteiger partial charge >= 0.3 is 0 Å². The van der Waals surface area contributed by atoms with Gasteiger partial charge in [-0.05, 0) is 39.3 Å². The summed E-state index contributed by atoms with van der Waals surface area (Å²) in [5.74, 6) is 0. The fraction of sp³-hybridized carbons (Fsp3) is 0.455. The third-order valence-corrected chi connectivity index (χ3v) is 1.89. The third kappa shape index (κ3) is 9.53. The molecule has 3 N–H and O–H groups in total. The fourth-order valence-electron chi connectivity index (χ4n) is 0.842. The summed E-state index contributed by atoms with van der Waals surface area (Å²) >= 11 is 5.56. The lowest BCUT2D eigenvalue weighted by Crippen LogP contribution is -2.23. The van der Waals surface area contributed by atoms with Crippen LogP contribution in [0.3, 0.4) is 0 Å². The zero-order chi connectivity index (χ0) is 11.7. The van der Waals surface area contributed by atoms with E-state index in [1.54, 1.807) is 18.2 Å². The van der Waals surface area contributed by atoms with Crippen LogP contribution in [0, 0.1) is 0 Å². The first kappa shape index (κ1) is 14.2. The highest BCUT2D eigenvalue weighted by Gasteiger charge is 1.83. The van der Waals surface area contributed by atoms with Gasteiger partial charge in [-0.2, -0.15) is 0 Å². The summed E-state index contributed by atoms with van der Waals surface area (Å²) in [6.07, 6.45) is 0. The Balaban J connectivity index is 0.000000265. The fourth-order valence-corrected chi connectivity index (χ4v) is 1.04. The Labute approximate surface area is 97.2 Å². The van der Waals surface area contributed by atoms with Crippen LogP contribution in [0.25, 0.3) is 0 Å². The van der Waals surface area contributed by atoms with Crippen LogP contribution >= 0.6 is 11.6 Å². The van der Waals surface area contributed by atoms with E-state index in [9.17, 15) is 0 Å². The van der Waals surface area contributed by atoms with E-state index in [1.807, 2.05) is 13.1 Å². The molecule has 15 heavy (non-hydrogen) atoms. The van der Waals surface area contributed by atoms with Gasteiger partial charge in [-0.25, -0.2) is 0 Å². The summed E-state index contributed by atoms with van der Waals surface area (Å²) in [6, 6.07) is 7.11. The molecule has 0 amide bonds. The van der Waals surface area contributed by atoms with Crippen LogP contribution in [0.1, 0.15) is 0 Å². The molecule has 4 heteroatoms. The number of rotatable bonds is 3. The van der Waals surface area contributed by atoms with Gasteiger partial charge in [0.05, 0.1) is 0 Å². The van der Waals surface area contributed by atoms with Crippen molar-refractivity contribution in [3.63, 3.8) is 0 Å². The second-order valence-corrected chi connectivity index (χ2v) is 3.90. The molecule has 0 heterocycles. The van der Waals surface area contributed by atoms with Crippen molar-refractivity contribution < 1.29 is 0 Å². The Morgan fingerprint density at radius 1 is 1.40 bits per heavy atom. The lowest BCUT2D eigenvalue weighted by molar-refractivity contribution is 0.407. The highest BCUT2D eigenvalue weighted by Crippen LogP contribution is 2.10. The number of benzene rings is 1. The van der Waals surface area contributed by atoms with Gasteiger partial charge in [-0.3, -0.25) is 0 Å². The lowest BCUT2D eigenvalue weighted by Gasteiger charge is -2.06. The standard InChI is InChI=1S/C6H6ClN.C5H14N2/c7-5-2-1-3-6(8)4-5;1-6-4-5-7(2)3/h1-4H,8H2;6H,4-5H2,1-3H3. The molecule has 0 aromatic heterocycles. The van der Waals surface area contributed by atoms with E-state index < -0.39 is 0 Å². The van der Waals surface area contributed by atoms with E-state index in [2.05, 4.69) is 24.3 Å². The molecule has 1 rings (SSSR count). The van der Waals surface area contributed by atoms with E-state index in [0.29, 0.717) is 10.7 Å². The number of nitrogen functional groups attached to an aromatic ring is 1. The molecule has 0 aliphatic rings. The van der Waals surface area contributed by atoms with Gasteiger partial charge in [-0.15, -0.1) is 0 Å². The van der Waals surface area contributed by atoms with Gasteiger partial charge in [-0.1, -0.05) is 17.7 Å². The van der Waals surface area contributed by atoms with E-state index in [0.717, 1.165) is 13.1 Å². The second kappa shape index (κ2) is 8.53. The first-order valence-corrected chi connectivity index (χ1v) is 5.24. The van der Waals surface area contributed by atoms with Crippen LogP contribution in [0.5, 0.6) is 0 Å². The maximum absolute atomic E-state index is 5.56. The van der Waals surface area contributed by atoms with Crippen LogP contribution in [0.15, 0.2) is 24.3 Å². The molecule has 0 spiro atoms. The summed E-state index contributed by atoms with van der Waals surface area (Å²) in [6.45, 7) is 2.20. The predicted molar refractivity (Wildman–Crippen MR) is 68.3 cm³/mol. The van der Waals surface area contributed by atoms with Gasteiger partial charge in [0.2, 0.25) is 0 Å². The van der Waals surface area contributed by atoms with Crippen molar-refractivity contribution >= 4 is 17.3 Å². The van der Waals surface area contributed by atoms with Gasteiger partial charge in [0.1, 0.15) is 0 Å². The second-order valence-electron chi connectivity index (χ2n) is 3.46. The van der Waals surface area contributed by atoms with Gasteiger partial charge < -0.3 is 16.0 Å². The first-order valence-electron chi connectivity index (χ1n) is 4.86. The SMILES string of the molecule is CNCCN(C)C.Nc1cccc(Cl)c1. The number of nitrogens with zero attached hydrogens (tertiary/aromatic N) is 1. The van der Waals surface area contributed by atoms with E-state index in [4.69, 9.17) is 17.3 Å². The maximum atomic E-state index is 5.56. The molecule has 0 saturated heterocycles. The van der Waals surface area contributed by atoms with E-state index >= 15 is 0 Å². The molecule has 0 unspecified atom stereocenters. The maximum Gasteiger partial charge on any atom is 0.0426 e. The van der Waals surface area contributed by atoms with Crippen molar-refractivity contribution in [2.45, 2.75) is 0 Å². The first-order chi connectivity index (χ1) is 7.06. The minimum Gasteiger partial charge on any atom is -0.399 e. The quantitative estimate of drug-likeness (QED) is 0.776. The molecule has 1 aromatic rings. The number of likely N-dealkylation sites (N-methyl/N-ethyl adjacent to an activating group) is 2. The number of nitrogens with two attached hydrogens (primary N) is 1. The number of anilines is 1. The van der Waals surface area contributed by atoms with Crippen molar-refractivity contribution in [1.82, 2.24) is 10.2 Å². The molecule has 0 bridgehead atoms. The van der Waals surface area contributed by atoms with Crippen molar-refractivity contribution in [2.75, 3.05) is 40.0 Å². The molecule has 0 saturated carbocycles. The molecule has 0 aliphatic carbocycles. The minimum absolute atomic E-state index is 0.685. The Hall–Kier alpha value is -0.770. The normalized spacial score (nSPS) is 9.67. The van der Waals surface area contributed by atoms with Crippen molar-refractivity contribution in [3.8, 4) is 0 Å². The van der Waals surface area contributed by atoms with Crippen LogP contribution in [0.4, 0.5) is 5.69 Å². The molecule has 0 fully saturated rings. The monoisotopic (exact) mass is 229 g/mol. The van der Waals surface area contributed by atoms with Crippen molar-refractivity contribution in [3.05, 3.63) is 29.3 Å². The highest BCUT2D eigenvalue weighted by atomic mass is 35.5. The van der Waals surface area contributed by atoms with Crippen molar-refractivity contribution in [1.29, 1.82) is 0 Å². The van der Waals surface area contributed by atoms with Crippen LogP contribution < -0.4 is 11.1 Å². The Bertz CT molecular complexity index is 247. The summed E-state index contributed by atoms with van der Waals surface area (Å²) in [5.41, 5.74) is 6.08. The smallest absolute Gasteiger partial charge is 0.0426 e. The zero-order valence-electron chi connectivity index (χ0n) is 9.63. The molecule has 86 valence electrons. The summed E-state index contributed by atoms with van der Waals surface area (Å²) < 4.78 is 0.